The van der Waals surface area contributed by atoms with E-state index in [1.807, 2.05) is 57.2 Å². The number of nitrogens with zero attached hydrogens (tertiary/aromatic N) is 3. The van der Waals surface area contributed by atoms with Crippen LogP contribution in [0.2, 0.25) is 0 Å². The zero-order valence-corrected chi connectivity index (χ0v) is 19.0. The van der Waals surface area contributed by atoms with E-state index in [0.717, 1.165) is 16.9 Å². The minimum Gasteiger partial charge on any atom is -0.497 e. The van der Waals surface area contributed by atoms with Gasteiger partial charge in [-0.2, -0.15) is 9.29 Å². The minimum atomic E-state index is -3.46. The third-order valence-electron chi connectivity index (χ3n) is 5.08. The molecular formula is C22H28N4O4S. The quantitative estimate of drug-likeness (QED) is 0.510. The Balaban J connectivity index is 1.64. The summed E-state index contributed by atoms with van der Waals surface area (Å²) in [6, 6.07) is 14.4. The number of hydrogen-bond donors (Lipinski definition) is 1. The van der Waals surface area contributed by atoms with Crippen LogP contribution in [0.4, 0.5) is 0 Å². The Morgan fingerprint density at radius 2 is 1.84 bits per heavy atom. The number of hydrogen-bond acceptors (Lipinski definition) is 7. The highest BCUT2D eigenvalue weighted by Gasteiger charge is 2.21. The molecule has 1 atom stereocenters. The van der Waals surface area contributed by atoms with E-state index in [1.54, 1.807) is 19.2 Å². The van der Waals surface area contributed by atoms with Crippen LogP contribution >= 0.6 is 0 Å². The highest BCUT2D eigenvalue weighted by Crippen LogP contribution is 2.22. The van der Waals surface area contributed by atoms with Gasteiger partial charge in [0.1, 0.15) is 5.75 Å². The molecule has 0 spiro atoms. The fourth-order valence-corrected chi connectivity index (χ4v) is 4.66. The second kappa shape index (κ2) is 10.0. The molecule has 3 rings (SSSR count). The van der Waals surface area contributed by atoms with Crippen molar-refractivity contribution in [3.05, 3.63) is 60.0 Å². The van der Waals surface area contributed by atoms with Crippen molar-refractivity contribution in [2.45, 2.75) is 38.3 Å². The Morgan fingerprint density at radius 1 is 1.13 bits per heavy atom. The molecule has 9 heteroatoms. The SMILES string of the molecule is CCN(CC)S(=O)(=O)c1ccc([C@H](C)NCc2nc(-c3cccc(OC)c3)no2)cc1. The van der Waals surface area contributed by atoms with Gasteiger partial charge in [0, 0.05) is 24.7 Å². The van der Waals surface area contributed by atoms with Gasteiger partial charge in [0.2, 0.25) is 21.7 Å². The molecular weight excluding hydrogens is 416 g/mol. The second-order valence-electron chi connectivity index (χ2n) is 7.00. The third kappa shape index (κ3) is 5.30. The zero-order valence-electron chi connectivity index (χ0n) is 18.2. The lowest BCUT2D eigenvalue weighted by atomic mass is 10.1. The molecule has 0 aliphatic heterocycles. The topological polar surface area (TPSA) is 97.6 Å². The van der Waals surface area contributed by atoms with Gasteiger partial charge in [-0.3, -0.25) is 0 Å². The predicted molar refractivity (Wildman–Crippen MR) is 118 cm³/mol. The Bertz CT molecular complexity index is 1090. The summed E-state index contributed by atoms with van der Waals surface area (Å²) < 4.78 is 37.3. The largest absolute Gasteiger partial charge is 0.497 e. The van der Waals surface area contributed by atoms with Gasteiger partial charge in [-0.1, -0.05) is 43.3 Å². The van der Waals surface area contributed by atoms with Gasteiger partial charge in [0.25, 0.3) is 0 Å². The maximum Gasteiger partial charge on any atom is 0.243 e. The molecule has 0 aliphatic carbocycles. The molecule has 1 aromatic heterocycles. The second-order valence-corrected chi connectivity index (χ2v) is 8.94. The molecule has 3 aromatic rings. The Morgan fingerprint density at radius 3 is 2.48 bits per heavy atom. The van der Waals surface area contributed by atoms with Crippen LogP contribution < -0.4 is 10.1 Å². The minimum absolute atomic E-state index is 0.0302. The molecule has 1 N–H and O–H groups in total. The van der Waals surface area contributed by atoms with Crippen LogP contribution in [-0.2, 0) is 16.6 Å². The summed E-state index contributed by atoms with van der Waals surface area (Å²) in [6.45, 7) is 6.93. The Labute approximate surface area is 183 Å². The zero-order chi connectivity index (χ0) is 22.4. The molecule has 0 radical (unpaired) electrons. The van der Waals surface area contributed by atoms with E-state index in [2.05, 4.69) is 15.5 Å². The smallest absolute Gasteiger partial charge is 0.243 e. The van der Waals surface area contributed by atoms with Crippen LogP contribution in [0.3, 0.4) is 0 Å². The van der Waals surface area contributed by atoms with Crippen LogP contribution in [0.1, 0.15) is 38.3 Å². The molecule has 0 bridgehead atoms. The number of ether oxygens (including phenoxy) is 1. The summed E-state index contributed by atoms with van der Waals surface area (Å²) in [5.74, 6) is 1.68. The van der Waals surface area contributed by atoms with Crippen molar-refractivity contribution in [3.63, 3.8) is 0 Å². The monoisotopic (exact) mass is 444 g/mol. The summed E-state index contributed by atoms with van der Waals surface area (Å²) in [5.41, 5.74) is 1.78. The van der Waals surface area contributed by atoms with Crippen LogP contribution in [0, 0.1) is 0 Å². The Kier molecular flexibility index (Phi) is 7.42. The third-order valence-corrected chi connectivity index (χ3v) is 7.14. The van der Waals surface area contributed by atoms with Crippen molar-refractivity contribution >= 4 is 10.0 Å². The van der Waals surface area contributed by atoms with Gasteiger partial charge in [-0.15, -0.1) is 0 Å². The number of benzene rings is 2. The average molecular weight is 445 g/mol. The van der Waals surface area contributed by atoms with Crippen molar-refractivity contribution in [3.8, 4) is 17.1 Å². The van der Waals surface area contributed by atoms with E-state index in [-0.39, 0.29) is 6.04 Å². The summed E-state index contributed by atoms with van der Waals surface area (Å²) in [5, 5.41) is 7.36. The molecule has 0 unspecified atom stereocenters. The average Bonchev–Trinajstić information content (AvgIpc) is 3.27. The van der Waals surface area contributed by atoms with Gasteiger partial charge >= 0.3 is 0 Å². The molecule has 0 fully saturated rings. The molecule has 166 valence electrons. The number of rotatable bonds is 10. The summed E-state index contributed by atoms with van der Waals surface area (Å²) in [4.78, 5) is 4.72. The molecule has 31 heavy (non-hydrogen) atoms. The van der Waals surface area contributed by atoms with Gasteiger partial charge in [-0.05, 0) is 36.8 Å². The molecule has 0 amide bonds. The fourth-order valence-electron chi connectivity index (χ4n) is 3.21. The van der Waals surface area contributed by atoms with Gasteiger partial charge in [0.05, 0.1) is 18.6 Å². The van der Waals surface area contributed by atoms with Crippen molar-refractivity contribution in [2.24, 2.45) is 0 Å². The highest BCUT2D eigenvalue weighted by molar-refractivity contribution is 7.89. The van der Waals surface area contributed by atoms with Gasteiger partial charge in [0.15, 0.2) is 0 Å². The van der Waals surface area contributed by atoms with E-state index in [1.165, 1.54) is 4.31 Å². The standard InChI is InChI=1S/C22H28N4O4S/c1-5-26(6-2)31(27,28)20-12-10-17(11-13-20)16(3)23-15-21-24-22(25-30-21)18-8-7-9-19(14-18)29-4/h7-14,16,23H,5-6,15H2,1-4H3/t16-/m0/s1. The number of methoxy groups -OCH3 is 1. The van der Waals surface area contributed by atoms with E-state index in [4.69, 9.17) is 9.26 Å². The number of sulfonamides is 1. The summed E-state index contributed by atoms with van der Waals surface area (Å²) >= 11 is 0. The molecule has 2 aromatic carbocycles. The van der Waals surface area contributed by atoms with Crippen LogP contribution in [0.25, 0.3) is 11.4 Å². The molecule has 8 nitrogen and oxygen atoms in total. The summed E-state index contributed by atoms with van der Waals surface area (Å²) in [7, 11) is -1.85. The molecule has 0 saturated heterocycles. The highest BCUT2D eigenvalue weighted by atomic mass is 32.2. The van der Waals surface area contributed by atoms with Crippen molar-refractivity contribution in [2.75, 3.05) is 20.2 Å². The molecule has 0 saturated carbocycles. The predicted octanol–water partition coefficient (Wildman–Crippen LogP) is 3.63. The normalized spacial score (nSPS) is 12.8. The van der Waals surface area contributed by atoms with E-state index < -0.39 is 10.0 Å². The lowest BCUT2D eigenvalue weighted by Gasteiger charge is -2.19. The number of aromatic nitrogens is 2. The van der Waals surface area contributed by atoms with Crippen molar-refractivity contribution in [1.29, 1.82) is 0 Å². The first kappa shape index (κ1) is 22.9. The van der Waals surface area contributed by atoms with E-state index in [0.29, 0.717) is 36.2 Å². The van der Waals surface area contributed by atoms with E-state index in [9.17, 15) is 8.42 Å². The lowest BCUT2D eigenvalue weighted by Crippen LogP contribution is -2.30. The van der Waals surface area contributed by atoms with Crippen LogP contribution in [0.5, 0.6) is 5.75 Å². The summed E-state index contributed by atoms with van der Waals surface area (Å²) in [6.07, 6.45) is 0. The molecule has 1 heterocycles. The Hall–Kier alpha value is -2.75. The first-order chi connectivity index (χ1) is 14.9. The van der Waals surface area contributed by atoms with Crippen LogP contribution in [0.15, 0.2) is 57.9 Å². The van der Waals surface area contributed by atoms with Crippen LogP contribution in [-0.4, -0.2) is 43.1 Å². The maximum absolute atomic E-state index is 12.6. The van der Waals surface area contributed by atoms with Gasteiger partial charge < -0.3 is 14.6 Å². The van der Waals surface area contributed by atoms with Crippen molar-refractivity contribution < 1.29 is 17.7 Å². The number of nitrogens with one attached hydrogen (secondary N) is 1. The molecule has 0 aliphatic rings. The maximum atomic E-state index is 12.6. The van der Waals surface area contributed by atoms with Gasteiger partial charge in [-0.25, -0.2) is 8.42 Å². The first-order valence-corrected chi connectivity index (χ1v) is 11.6. The fraction of sp³-hybridized carbons (Fsp3) is 0.364. The van der Waals surface area contributed by atoms with E-state index >= 15 is 0 Å². The first-order valence-electron chi connectivity index (χ1n) is 10.2. The lowest BCUT2D eigenvalue weighted by molar-refractivity contribution is 0.360. The van der Waals surface area contributed by atoms with Crippen molar-refractivity contribution in [1.82, 2.24) is 19.8 Å².